The third-order valence-corrected chi connectivity index (χ3v) is 3.32. The van der Waals surface area contributed by atoms with Gasteiger partial charge in [0.2, 0.25) is 0 Å². The van der Waals surface area contributed by atoms with Crippen molar-refractivity contribution in [1.82, 2.24) is 20.4 Å². The Labute approximate surface area is 129 Å². The summed E-state index contributed by atoms with van der Waals surface area (Å²) in [5.74, 6) is 0. The Kier molecular flexibility index (Phi) is 9.95. The Morgan fingerprint density at radius 2 is 1.67 bits per heavy atom. The van der Waals surface area contributed by atoms with Gasteiger partial charge < -0.3 is 10.1 Å². The Balaban J connectivity index is 0.000000491. The monoisotopic (exact) mass is 294 g/mol. The van der Waals surface area contributed by atoms with E-state index in [0.29, 0.717) is 13.2 Å². The second-order valence-corrected chi connectivity index (χ2v) is 5.18. The van der Waals surface area contributed by atoms with Gasteiger partial charge in [0.15, 0.2) is 0 Å². The van der Waals surface area contributed by atoms with Crippen LogP contribution in [0, 0.1) is 0 Å². The van der Waals surface area contributed by atoms with Crippen LogP contribution < -0.4 is 5.32 Å². The molecule has 1 saturated heterocycles. The molecule has 120 valence electrons. The summed E-state index contributed by atoms with van der Waals surface area (Å²) in [5, 5.41) is 11.7. The highest BCUT2D eigenvalue weighted by Gasteiger charge is 2.10. The molecule has 21 heavy (non-hydrogen) atoms. The Bertz CT molecular complexity index is 348. The summed E-state index contributed by atoms with van der Waals surface area (Å²) in [4.78, 5) is 2.39. The van der Waals surface area contributed by atoms with Crippen LogP contribution in [-0.2, 0) is 17.9 Å². The molecule has 1 aliphatic rings. The molecule has 0 saturated carbocycles. The highest BCUT2D eigenvalue weighted by molar-refractivity contribution is 5.06. The summed E-state index contributed by atoms with van der Waals surface area (Å²) in [7, 11) is 0. The summed E-state index contributed by atoms with van der Waals surface area (Å²) in [6.07, 6.45) is 2.64. The summed E-state index contributed by atoms with van der Waals surface area (Å²) in [6.45, 7) is 12.8. The van der Waals surface area contributed by atoms with Gasteiger partial charge in [-0.1, -0.05) is 26.7 Å². The van der Waals surface area contributed by atoms with Gasteiger partial charge >= 0.3 is 0 Å². The first-order valence-electron chi connectivity index (χ1n) is 8.12. The molecule has 0 aliphatic carbocycles. The number of hydrogen-bond donors (Lipinski definition) is 1. The SMILES string of the molecule is CCCC.CCOCc1ccc(CN2CCNCC2)nn1. The van der Waals surface area contributed by atoms with Gasteiger partial charge in [-0.15, -0.1) is 0 Å². The number of aromatic nitrogens is 2. The lowest BCUT2D eigenvalue weighted by Gasteiger charge is -2.26. The van der Waals surface area contributed by atoms with Crippen molar-refractivity contribution >= 4 is 0 Å². The van der Waals surface area contributed by atoms with Gasteiger partial charge in [-0.2, -0.15) is 10.2 Å². The number of ether oxygens (including phenoxy) is 1. The number of rotatable bonds is 6. The average molecular weight is 294 g/mol. The van der Waals surface area contributed by atoms with E-state index in [4.69, 9.17) is 4.74 Å². The molecule has 0 bridgehead atoms. The molecule has 1 N–H and O–H groups in total. The fourth-order valence-electron chi connectivity index (χ4n) is 1.85. The predicted molar refractivity (Wildman–Crippen MR) is 86.1 cm³/mol. The van der Waals surface area contributed by atoms with E-state index >= 15 is 0 Å². The minimum Gasteiger partial charge on any atom is -0.375 e. The Morgan fingerprint density at radius 3 is 2.19 bits per heavy atom. The second-order valence-electron chi connectivity index (χ2n) is 5.18. The molecule has 0 radical (unpaired) electrons. The maximum absolute atomic E-state index is 5.29. The molecular formula is C16H30N4O. The molecule has 0 amide bonds. The van der Waals surface area contributed by atoms with Crippen LogP contribution >= 0.6 is 0 Å². The zero-order chi connectivity index (χ0) is 15.3. The molecule has 1 aliphatic heterocycles. The van der Waals surface area contributed by atoms with Crippen LogP contribution in [0.4, 0.5) is 0 Å². The van der Waals surface area contributed by atoms with Crippen molar-refractivity contribution in [3.05, 3.63) is 23.5 Å². The second kappa shape index (κ2) is 11.6. The quantitative estimate of drug-likeness (QED) is 0.872. The van der Waals surface area contributed by atoms with Crippen LogP contribution in [0.1, 0.15) is 45.0 Å². The summed E-state index contributed by atoms with van der Waals surface area (Å²) in [6, 6.07) is 4.05. The van der Waals surface area contributed by atoms with Crippen LogP contribution in [0.15, 0.2) is 12.1 Å². The molecule has 0 spiro atoms. The van der Waals surface area contributed by atoms with Gasteiger partial charge in [-0.05, 0) is 19.1 Å². The van der Waals surface area contributed by atoms with Crippen molar-refractivity contribution in [2.45, 2.75) is 46.8 Å². The molecule has 5 nitrogen and oxygen atoms in total. The van der Waals surface area contributed by atoms with Crippen molar-refractivity contribution in [2.75, 3.05) is 32.8 Å². The number of nitrogens with one attached hydrogen (secondary N) is 1. The smallest absolute Gasteiger partial charge is 0.0906 e. The van der Waals surface area contributed by atoms with E-state index in [-0.39, 0.29) is 0 Å². The molecule has 2 rings (SSSR count). The van der Waals surface area contributed by atoms with Crippen molar-refractivity contribution in [3.8, 4) is 0 Å². The highest BCUT2D eigenvalue weighted by Crippen LogP contribution is 2.03. The molecule has 1 aromatic heterocycles. The first-order valence-corrected chi connectivity index (χ1v) is 8.12. The molecule has 1 aromatic rings. The first-order chi connectivity index (χ1) is 10.3. The van der Waals surface area contributed by atoms with Gasteiger partial charge in [-0.25, -0.2) is 0 Å². The summed E-state index contributed by atoms with van der Waals surface area (Å²) in [5.41, 5.74) is 1.93. The molecule has 1 fully saturated rings. The number of nitrogens with zero attached hydrogens (tertiary/aromatic N) is 3. The lowest BCUT2D eigenvalue weighted by molar-refractivity contribution is 0.130. The molecular weight excluding hydrogens is 264 g/mol. The summed E-state index contributed by atoms with van der Waals surface area (Å²) >= 11 is 0. The van der Waals surface area contributed by atoms with Crippen LogP contribution in [0.25, 0.3) is 0 Å². The topological polar surface area (TPSA) is 50.3 Å². The van der Waals surface area contributed by atoms with Crippen LogP contribution in [0.3, 0.4) is 0 Å². The molecule has 2 heterocycles. The fourth-order valence-corrected chi connectivity index (χ4v) is 1.85. The lowest BCUT2D eigenvalue weighted by atomic mass is 10.3. The number of piperazine rings is 1. The van der Waals surface area contributed by atoms with Crippen LogP contribution in [0.5, 0.6) is 0 Å². The zero-order valence-electron chi connectivity index (χ0n) is 13.8. The average Bonchev–Trinajstić information content (AvgIpc) is 2.55. The minimum absolute atomic E-state index is 0.553. The van der Waals surface area contributed by atoms with Crippen molar-refractivity contribution in [2.24, 2.45) is 0 Å². The van der Waals surface area contributed by atoms with E-state index in [0.717, 1.165) is 44.1 Å². The molecule has 0 aromatic carbocycles. The van der Waals surface area contributed by atoms with Gasteiger partial charge in [-0.3, -0.25) is 4.90 Å². The lowest BCUT2D eigenvalue weighted by Crippen LogP contribution is -2.43. The van der Waals surface area contributed by atoms with Crippen LogP contribution in [-0.4, -0.2) is 47.9 Å². The van der Waals surface area contributed by atoms with Crippen molar-refractivity contribution < 1.29 is 4.74 Å². The van der Waals surface area contributed by atoms with E-state index in [9.17, 15) is 0 Å². The highest BCUT2D eigenvalue weighted by atomic mass is 16.5. The Morgan fingerprint density at radius 1 is 1.05 bits per heavy atom. The largest absolute Gasteiger partial charge is 0.375 e. The predicted octanol–water partition coefficient (Wildman–Crippen LogP) is 2.22. The molecule has 0 atom stereocenters. The zero-order valence-corrected chi connectivity index (χ0v) is 13.8. The Hall–Kier alpha value is -1.04. The summed E-state index contributed by atoms with van der Waals surface area (Å²) < 4.78 is 5.29. The van der Waals surface area contributed by atoms with Gasteiger partial charge in [0.1, 0.15) is 0 Å². The fraction of sp³-hybridized carbons (Fsp3) is 0.750. The standard InChI is InChI=1S/C12H20N4O.C4H10/c1-2-17-10-12-4-3-11(14-15-12)9-16-7-5-13-6-8-16;1-3-4-2/h3-4,13H,2,5-10H2,1H3;3-4H2,1-2H3. The van der Waals surface area contributed by atoms with Crippen LogP contribution in [0.2, 0.25) is 0 Å². The van der Waals surface area contributed by atoms with Gasteiger partial charge in [0.25, 0.3) is 0 Å². The number of unbranched alkanes of at least 4 members (excludes halogenated alkanes) is 1. The van der Waals surface area contributed by atoms with Gasteiger partial charge in [0, 0.05) is 39.3 Å². The first kappa shape index (κ1) is 18.0. The van der Waals surface area contributed by atoms with E-state index in [2.05, 4.69) is 34.3 Å². The third kappa shape index (κ3) is 8.09. The van der Waals surface area contributed by atoms with E-state index in [1.165, 1.54) is 12.8 Å². The molecule has 0 unspecified atom stereocenters. The molecule has 5 heteroatoms. The maximum Gasteiger partial charge on any atom is 0.0906 e. The van der Waals surface area contributed by atoms with Crippen molar-refractivity contribution in [1.29, 1.82) is 0 Å². The number of hydrogen-bond acceptors (Lipinski definition) is 5. The van der Waals surface area contributed by atoms with E-state index in [1.807, 2.05) is 19.1 Å². The minimum atomic E-state index is 0.553. The maximum atomic E-state index is 5.29. The van der Waals surface area contributed by atoms with Gasteiger partial charge in [0.05, 0.1) is 18.0 Å². The van der Waals surface area contributed by atoms with E-state index in [1.54, 1.807) is 0 Å². The third-order valence-electron chi connectivity index (χ3n) is 3.32. The normalized spacial score (nSPS) is 15.4. The van der Waals surface area contributed by atoms with Crippen molar-refractivity contribution in [3.63, 3.8) is 0 Å². The van der Waals surface area contributed by atoms with E-state index < -0.39 is 0 Å².